The molecule has 1 aliphatic heterocycles. The van der Waals surface area contributed by atoms with Crippen LogP contribution in [0.1, 0.15) is 23.2 Å². The molecule has 5 rings (SSSR count). The van der Waals surface area contributed by atoms with Crippen LogP contribution < -0.4 is 9.62 Å². The fraction of sp³-hybridized carbons (Fsp3) is 0.160. The number of amides is 1. The molecule has 1 N–H and O–H groups in total. The summed E-state index contributed by atoms with van der Waals surface area (Å²) < 4.78 is 26.0. The zero-order valence-electron chi connectivity index (χ0n) is 18.1. The van der Waals surface area contributed by atoms with Gasteiger partial charge in [0.1, 0.15) is 0 Å². The number of benzene rings is 2. The molecule has 1 aliphatic rings. The van der Waals surface area contributed by atoms with Crippen LogP contribution >= 0.6 is 11.6 Å². The maximum atomic E-state index is 12.8. The number of aromatic nitrogens is 2. The molecule has 1 saturated heterocycles. The average Bonchev–Trinajstić information content (AvgIpc) is 2.85. The van der Waals surface area contributed by atoms with Crippen molar-refractivity contribution in [1.29, 1.82) is 0 Å². The Kier molecular flexibility index (Phi) is 5.93. The van der Waals surface area contributed by atoms with E-state index in [0.29, 0.717) is 46.2 Å². The van der Waals surface area contributed by atoms with Gasteiger partial charge in [0.05, 0.1) is 33.2 Å². The molecule has 0 spiro atoms. The van der Waals surface area contributed by atoms with Crippen LogP contribution in [0, 0.1) is 0 Å². The first-order chi connectivity index (χ1) is 16.4. The van der Waals surface area contributed by atoms with Crippen LogP contribution in [-0.2, 0) is 10.0 Å². The molecule has 34 heavy (non-hydrogen) atoms. The Morgan fingerprint density at radius 1 is 0.971 bits per heavy atom. The van der Waals surface area contributed by atoms with Gasteiger partial charge in [0, 0.05) is 29.6 Å². The Bertz CT molecular complexity index is 1490. The molecule has 172 valence electrons. The minimum atomic E-state index is -3.30. The van der Waals surface area contributed by atoms with Crippen molar-refractivity contribution in [1.82, 2.24) is 9.97 Å². The lowest BCUT2D eigenvalue weighted by molar-refractivity contribution is 0.102. The molecular formula is C25H21ClN4O3S. The lowest BCUT2D eigenvalue weighted by atomic mass is 10.1. The topological polar surface area (TPSA) is 92.3 Å². The largest absolute Gasteiger partial charge is 0.322 e. The second kappa shape index (κ2) is 9.04. The fourth-order valence-electron chi connectivity index (χ4n) is 3.97. The van der Waals surface area contributed by atoms with Crippen LogP contribution in [-0.4, -0.2) is 36.6 Å². The molecular weight excluding hydrogens is 472 g/mol. The maximum absolute atomic E-state index is 12.8. The van der Waals surface area contributed by atoms with Crippen LogP contribution in [0.25, 0.3) is 22.3 Å². The summed E-state index contributed by atoms with van der Waals surface area (Å²) in [6, 6.07) is 19.2. The van der Waals surface area contributed by atoms with E-state index in [1.165, 1.54) is 4.31 Å². The first-order valence-corrected chi connectivity index (χ1v) is 12.8. The molecule has 2 aromatic heterocycles. The average molecular weight is 493 g/mol. The van der Waals surface area contributed by atoms with E-state index in [0.717, 1.165) is 17.5 Å². The quantitative estimate of drug-likeness (QED) is 0.426. The SMILES string of the molecule is O=C(Nc1ccc(Cl)c(-c2ccc3ncccc3n2)c1)c1ccc(N2CCCCS2(=O)=O)cc1. The molecule has 7 nitrogen and oxygen atoms in total. The second-order valence-electron chi connectivity index (χ2n) is 8.03. The van der Waals surface area contributed by atoms with Crippen LogP contribution in [0.4, 0.5) is 11.4 Å². The van der Waals surface area contributed by atoms with Gasteiger partial charge in [-0.05, 0) is 79.6 Å². The summed E-state index contributed by atoms with van der Waals surface area (Å²) in [6.07, 6.45) is 3.21. The van der Waals surface area contributed by atoms with E-state index >= 15 is 0 Å². The van der Waals surface area contributed by atoms with E-state index in [-0.39, 0.29) is 11.7 Å². The standard InChI is InChI=1S/C25H21ClN4O3S/c26-21-10-7-18(16-20(21)22-11-12-23-24(29-22)4-3-13-27-23)28-25(31)17-5-8-19(9-6-17)30-14-1-2-15-34(30,32)33/h3-13,16H,1-2,14-15H2,(H,28,31). The van der Waals surface area contributed by atoms with Gasteiger partial charge in [-0.25, -0.2) is 13.4 Å². The van der Waals surface area contributed by atoms with E-state index < -0.39 is 10.0 Å². The summed E-state index contributed by atoms with van der Waals surface area (Å²) in [5.41, 5.74) is 4.46. The maximum Gasteiger partial charge on any atom is 0.255 e. The molecule has 0 bridgehead atoms. The van der Waals surface area contributed by atoms with Crippen LogP contribution in [0.5, 0.6) is 0 Å². The Morgan fingerprint density at radius 2 is 1.79 bits per heavy atom. The van der Waals surface area contributed by atoms with Gasteiger partial charge in [-0.2, -0.15) is 0 Å². The highest BCUT2D eigenvalue weighted by Crippen LogP contribution is 2.31. The highest BCUT2D eigenvalue weighted by Gasteiger charge is 2.26. The predicted molar refractivity (Wildman–Crippen MR) is 135 cm³/mol. The van der Waals surface area contributed by atoms with E-state index in [1.54, 1.807) is 48.7 Å². The molecule has 2 aromatic carbocycles. The molecule has 9 heteroatoms. The fourth-order valence-corrected chi connectivity index (χ4v) is 5.82. The van der Waals surface area contributed by atoms with E-state index in [4.69, 9.17) is 11.6 Å². The minimum absolute atomic E-state index is 0.150. The third-order valence-corrected chi connectivity index (χ3v) is 7.92. The number of sulfonamides is 1. The van der Waals surface area contributed by atoms with Crippen molar-refractivity contribution in [2.24, 2.45) is 0 Å². The zero-order valence-corrected chi connectivity index (χ0v) is 19.7. The van der Waals surface area contributed by atoms with E-state index in [9.17, 15) is 13.2 Å². The second-order valence-corrected chi connectivity index (χ2v) is 10.4. The number of carbonyl (C=O) groups is 1. The third-order valence-electron chi connectivity index (χ3n) is 5.72. The van der Waals surface area contributed by atoms with Crippen molar-refractivity contribution in [3.63, 3.8) is 0 Å². The van der Waals surface area contributed by atoms with Crippen molar-refractivity contribution in [3.05, 3.63) is 83.5 Å². The molecule has 0 atom stereocenters. The highest BCUT2D eigenvalue weighted by molar-refractivity contribution is 7.92. The number of nitrogens with zero attached hydrogens (tertiary/aromatic N) is 3. The monoisotopic (exact) mass is 492 g/mol. The Morgan fingerprint density at radius 3 is 2.59 bits per heavy atom. The number of hydrogen-bond acceptors (Lipinski definition) is 5. The van der Waals surface area contributed by atoms with Crippen LogP contribution in [0.3, 0.4) is 0 Å². The molecule has 0 unspecified atom stereocenters. The summed E-state index contributed by atoms with van der Waals surface area (Å²) in [5, 5.41) is 3.39. The van der Waals surface area contributed by atoms with Gasteiger partial charge in [0.2, 0.25) is 10.0 Å². The minimum Gasteiger partial charge on any atom is -0.322 e. The van der Waals surface area contributed by atoms with Gasteiger partial charge < -0.3 is 5.32 Å². The number of anilines is 2. The van der Waals surface area contributed by atoms with Crippen molar-refractivity contribution in [2.75, 3.05) is 21.9 Å². The smallest absolute Gasteiger partial charge is 0.255 e. The number of rotatable bonds is 4. The molecule has 0 aliphatic carbocycles. The zero-order chi connectivity index (χ0) is 23.7. The van der Waals surface area contributed by atoms with Crippen molar-refractivity contribution >= 4 is 49.9 Å². The molecule has 1 fully saturated rings. The van der Waals surface area contributed by atoms with E-state index in [2.05, 4.69) is 15.3 Å². The van der Waals surface area contributed by atoms with Gasteiger partial charge in [0.15, 0.2) is 0 Å². The summed E-state index contributed by atoms with van der Waals surface area (Å²) in [5.74, 6) is -0.159. The van der Waals surface area contributed by atoms with Gasteiger partial charge in [-0.1, -0.05) is 11.6 Å². The molecule has 0 radical (unpaired) electrons. The summed E-state index contributed by atoms with van der Waals surface area (Å²) >= 11 is 6.43. The first-order valence-electron chi connectivity index (χ1n) is 10.8. The molecule has 4 aromatic rings. The number of halogens is 1. The number of pyridine rings is 2. The molecule has 3 heterocycles. The molecule has 0 saturated carbocycles. The summed E-state index contributed by atoms with van der Waals surface area (Å²) in [4.78, 5) is 21.8. The third kappa shape index (κ3) is 4.47. The highest BCUT2D eigenvalue weighted by atomic mass is 35.5. The van der Waals surface area contributed by atoms with Crippen molar-refractivity contribution in [3.8, 4) is 11.3 Å². The van der Waals surface area contributed by atoms with Crippen molar-refractivity contribution in [2.45, 2.75) is 12.8 Å². The number of nitrogens with one attached hydrogen (secondary N) is 1. The lowest BCUT2D eigenvalue weighted by Gasteiger charge is -2.28. The summed E-state index contributed by atoms with van der Waals surface area (Å²) in [7, 11) is -3.30. The van der Waals surface area contributed by atoms with Gasteiger partial charge in [-0.15, -0.1) is 0 Å². The number of hydrogen-bond donors (Lipinski definition) is 1. The van der Waals surface area contributed by atoms with Crippen LogP contribution in [0.2, 0.25) is 5.02 Å². The molecule has 1 amide bonds. The van der Waals surface area contributed by atoms with E-state index in [1.807, 2.05) is 24.3 Å². The number of fused-ring (bicyclic) bond motifs is 1. The predicted octanol–water partition coefficient (Wildman–Crippen LogP) is 5.13. The van der Waals surface area contributed by atoms with Crippen LogP contribution in [0.15, 0.2) is 72.9 Å². The first kappa shape index (κ1) is 22.3. The Labute approximate surface area is 202 Å². The Balaban J connectivity index is 1.36. The number of carbonyl (C=O) groups excluding carboxylic acids is 1. The van der Waals surface area contributed by atoms with Gasteiger partial charge >= 0.3 is 0 Å². The lowest BCUT2D eigenvalue weighted by Crippen LogP contribution is -2.37. The Hall–Kier alpha value is -3.49. The van der Waals surface area contributed by atoms with Crippen molar-refractivity contribution < 1.29 is 13.2 Å². The summed E-state index contributed by atoms with van der Waals surface area (Å²) in [6.45, 7) is 0.459. The van der Waals surface area contributed by atoms with Gasteiger partial charge in [0.25, 0.3) is 5.91 Å². The van der Waals surface area contributed by atoms with Gasteiger partial charge in [-0.3, -0.25) is 14.1 Å². The normalized spacial score (nSPS) is 15.3.